The molecule has 0 saturated carbocycles. The highest BCUT2D eigenvalue weighted by atomic mass is 19.4. The van der Waals surface area contributed by atoms with Gasteiger partial charge in [-0.2, -0.15) is 18.1 Å². The lowest BCUT2D eigenvalue weighted by molar-refractivity contribution is -0.137. The Morgan fingerprint density at radius 3 is 2.43 bits per heavy atom. The van der Waals surface area contributed by atoms with E-state index in [-0.39, 0.29) is 40.8 Å². The van der Waals surface area contributed by atoms with Crippen LogP contribution in [0.15, 0.2) is 63.1 Å². The molecule has 0 bridgehead atoms. The van der Waals surface area contributed by atoms with Crippen LogP contribution in [0.2, 0.25) is 0 Å². The van der Waals surface area contributed by atoms with Gasteiger partial charge in [0.05, 0.1) is 23.1 Å². The summed E-state index contributed by atoms with van der Waals surface area (Å²) >= 11 is 0. The Hall–Kier alpha value is -3.26. The number of alkyl halides is 3. The van der Waals surface area contributed by atoms with Gasteiger partial charge in [-0.15, -0.1) is 0 Å². The Kier molecular flexibility index (Phi) is 7.66. The Morgan fingerprint density at radius 1 is 1.10 bits per heavy atom. The largest absolute Gasteiger partial charge is 0.463 e. The second kappa shape index (κ2) is 9.98. The van der Waals surface area contributed by atoms with Gasteiger partial charge in [-0.25, -0.2) is 0 Å². The molecule has 3 aromatic rings. The predicted octanol–water partition coefficient (Wildman–Crippen LogP) is 5.78. The summed E-state index contributed by atoms with van der Waals surface area (Å²) < 4.78 is 45.5. The first-order chi connectivity index (χ1) is 14.4. The molecule has 0 aliphatic heterocycles. The highest BCUT2D eigenvalue weighted by Gasteiger charge is 2.34. The normalized spacial score (nSPS) is 11.4. The van der Waals surface area contributed by atoms with Crippen molar-refractivity contribution in [2.24, 2.45) is 5.18 Å². The molecule has 1 aromatic heterocycles. The Bertz CT molecular complexity index is 1120. The molecule has 1 heterocycles. The molecule has 0 atom stereocenters. The topological polar surface area (TPSA) is 79.9 Å². The van der Waals surface area contributed by atoms with Crippen LogP contribution in [0, 0.1) is 4.91 Å². The van der Waals surface area contributed by atoms with E-state index in [1.165, 1.54) is 42.5 Å². The third-order valence-electron chi connectivity index (χ3n) is 4.22. The summed E-state index contributed by atoms with van der Waals surface area (Å²) in [4.78, 5) is 23.8. The predicted molar refractivity (Wildman–Crippen MR) is 110 cm³/mol. The van der Waals surface area contributed by atoms with Gasteiger partial charge in [-0.1, -0.05) is 55.4 Å². The number of hydrogen-bond donors (Lipinski definition) is 1. The summed E-state index contributed by atoms with van der Waals surface area (Å²) in [5, 5.41) is 11.9. The number of aliphatic hydroxyl groups excluding tert-OH is 1. The van der Waals surface area contributed by atoms with Gasteiger partial charge in [0.2, 0.25) is 5.43 Å². The average molecular weight is 419 g/mol. The first-order valence-corrected chi connectivity index (χ1v) is 9.19. The molecule has 0 amide bonds. The molecular weight excluding hydrogens is 399 g/mol. The number of hydrogen-bond acceptors (Lipinski definition) is 5. The Balaban J connectivity index is 0.00000155. The summed E-state index contributed by atoms with van der Waals surface area (Å²) in [5.41, 5.74) is -1.39. The number of fused-ring (bicyclic) bond motifs is 1. The fourth-order valence-electron chi connectivity index (χ4n) is 3.01. The second-order valence-electron chi connectivity index (χ2n) is 5.91. The van der Waals surface area contributed by atoms with Gasteiger partial charge in [-0.05, 0) is 23.3 Å². The number of benzene rings is 2. The molecule has 0 aliphatic carbocycles. The van der Waals surface area contributed by atoms with Crippen LogP contribution in [-0.4, -0.2) is 11.7 Å². The van der Waals surface area contributed by atoms with Crippen molar-refractivity contribution < 1.29 is 22.7 Å². The molecule has 0 saturated heterocycles. The summed E-state index contributed by atoms with van der Waals surface area (Å²) in [7, 11) is 0. The van der Waals surface area contributed by atoms with Crippen molar-refractivity contribution in [3.05, 3.63) is 80.6 Å². The van der Waals surface area contributed by atoms with Gasteiger partial charge in [0.25, 0.3) is 0 Å². The monoisotopic (exact) mass is 419 g/mol. The van der Waals surface area contributed by atoms with Gasteiger partial charge >= 0.3 is 6.18 Å². The van der Waals surface area contributed by atoms with E-state index in [1.54, 1.807) is 0 Å². The van der Waals surface area contributed by atoms with Crippen molar-refractivity contribution in [3.63, 3.8) is 0 Å². The van der Waals surface area contributed by atoms with E-state index in [9.17, 15) is 22.9 Å². The van der Waals surface area contributed by atoms with Crippen LogP contribution in [0.3, 0.4) is 0 Å². The molecule has 0 spiro atoms. The standard InChI is InChI=1S/C20H14F3NO4.C2H6/c21-20(22,23)16-6-2-1-4-14(16)15-11-28-17-8-7-12(10-24-27)13(5-3-9-25)18(17)19(15)26;1-2/h1-8,11,25H,9-10H2;1-2H3/b5-3-;. The third kappa shape index (κ3) is 4.65. The molecule has 0 fully saturated rings. The highest BCUT2D eigenvalue weighted by Crippen LogP contribution is 2.36. The van der Waals surface area contributed by atoms with E-state index in [0.29, 0.717) is 5.56 Å². The maximum absolute atomic E-state index is 13.4. The van der Waals surface area contributed by atoms with Gasteiger partial charge in [0.1, 0.15) is 18.4 Å². The molecule has 5 nitrogen and oxygen atoms in total. The number of nitrogens with zero attached hydrogens (tertiary/aromatic N) is 1. The minimum atomic E-state index is -4.65. The van der Waals surface area contributed by atoms with Gasteiger partial charge in [0.15, 0.2) is 0 Å². The second-order valence-corrected chi connectivity index (χ2v) is 5.91. The average Bonchev–Trinajstić information content (AvgIpc) is 2.74. The first kappa shape index (κ1) is 23.0. The maximum atomic E-state index is 13.4. The van der Waals surface area contributed by atoms with E-state index in [1.807, 2.05) is 13.8 Å². The van der Waals surface area contributed by atoms with Gasteiger partial charge in [-0.3, -0.25) is 4.79 Å². The van der Waals surface area contributed by atoms with Crippen LogP contribution in [-0.2, 0) is 12.7 Å². The first-order valence-electron chi connectivity index (χ1n) is 9.19. The fourth-order valence-corrected chi connectivity index (χ4v) is 3.01. The summed E-state index contributed by atoms with van der Waals surface area (Å²) in [6.45, 7) is 3.43. The lowest BCUT2D eigenvalue weighted by atomic mass is 9.96. The minimum absolute atomic E-state index is 0.0142. The van der Waals surface area contributed by atoms with Crippen molar-refractivity contribution in [2.45, 2.75) is 26.6 Å². The zero-order chi connectivity index (χ0) is 22.3. The van der Waals surface area contributed by atoms with Crippen LogP contribution in [0.5, 0.6) is 0 Å². The van der Waals surface area contributed by atoms with Gasteiger partial charge < -0.3 is 9.52 Å². The van der Waals surface area contributed by atoms with Crippen molar-refractivity contribution in [2.75, 3.05) is 6.61 Å². The third-order valence-corrected chi connectivity index (χ3v) is 4.22. The Morgan fingerprint density at radius 2 is 1.80 bits per heavy atom. The van der Waals surface area contributed by atoms with E-state index in [2.05, 4.69) is 5.18 Å². The maximum Gasteiger partial charge on any atom is 0.417 e. The van der Waals surface area contributed by atoms with Crippen LogP contribution in [0.4, 0.5) is 13.2 Å². The zero-order valence-corrected chi connectivity index (χ0v) is 16.4. The molecule has 0 radical (unpaired) electrons. The molecule has 2 aromatic carbocycles. The molecule has 158 valence electrons. The smallest absolute Gasteiger partial charge is 0.417 e. The van der Waals surface area contributed by atoms with Crippen LogP contribution in [0.1, 0.15) is 30.5 Å². The van der Waals surface area contributed by atoms with Crippen molar-refractivity contribution >= 4 is 17.0 Å². The van der Waals surface area contributed by atoms with Crippen LogP contribution in [0.25, 0.3) is 28.2 Å². The molecule has 0 aliphatic rings. The molecule has 1 N–H and O–H groups in total. The molecule has 3 rings (SSSR count). The SMILES string of the molecule is CC.O=NCc1ccc2occ(-c3ccccc3C(F)(F)F)c(=O)c2c1/C=C\CO. The van der Waals surface area contributed by atoms with Gasteiger partial charge in [0, 0.05) is 5.56 Å². The summed E-state index contributed by atoms with van der Waals surface area (Å²) in [6, 6.07) is 7.70. The quantitative estimate of drug-likeness (QED) is 0.532. The zero-order valence-electron chi connectivity index (χ0n) is 16.4. The Labute approximate surface area is 170 Å². The minimum Gasteiger partial charge on any atom is -0.463 e. The number of nitroso groups, excluding NO2 is 1. The van der Waals surface area contributed by atoms with Crippen molar-refractivity contribution in [1.29, 1.82) is 0 Å². The molecule has 30 heavy (non-hydrogen) atoms. The van der Waals surface area contributed by atoms with Crippen molar-refractivity contribution in [1.82, 2.24) is 0 Å². The van der Waals surface area contributed by atoms with Crippen LogP contribution < -0.4 is 5.43 Å². The molecule has 8 heteroatoms. The van der Waals surface area contributed by atoms with E-state index < -0.39 is 17.2 Å². The summed E-state index contributed by atoms with van der Waals surface area (Å²) in [5.74, 6) is 0. The van der Waals surface area contributed by atoms with Crippen LogP contribution >= 0.6 is 0 Å². The number of rotatable bonds is 5. The van der Waals surface area contributed by atoms with E-state index in [4.69, 9.17) is 9.52 Å². The summed E-state index contributed by atoms with van der Waals surface area (Å²) in [6.07, 6.45) is -0.897. The number of aliphatic hydroxyl groups is 1. The lowest BCUT2D eigenvalue weighted by Gasteiger charge is -2.13. The fraction of sp³-hybridized carbons (Fsp3) is 0.227. The highest BCUT2D eigenvalue weighted by molar-refractivity contribution is 5.91. The molecular formula is C22H20F3NO4. The van der Waals surface area contributed by atoms with E-state index >= 15 is 0 Å². The number of halogens is 3. The van der Waals surface area contributed by atoms with E-state index in [0.717, 1.165) is 12.3 Å². The molecule has 0 unspecified atom stereocenters. The lowest BCUT2D eigenvalue weighted by Crippen LogP contribution is -2.12. The van der Waals surface area contributed by atoms with Crippen molar-refractivity contribution in [3.8, 4) is 11.1 Å².